The minimum absolute atomic E-state index is 0.0253. The fourth-order valence-corrected chi connectivity index (χ4v) is 1.27. The summed E-state index contributed by atoms with van der Waals surface area (Å²) in [4.78, 5) is 10.7. The van der Waals surface area contributed by atoms with E-state index in [4.69, 9.17) is 5.11 Å². The van der Waals surface area contributed by atoms with Crippen LogP contribution in [0, 0.1) is 5.92 Å². The monoisotopic (exact) mass is 207 g/mol. The summed E-state index contributed by atoms with van der Waals surface area (Å²) in [7, 11) is 0. The van der Waals surface area contributed by atoms with E-state index in [2.05, 4.69) is 5.32 Å². The second kappa shape index (κ2) is 5.51. The zero-order valence-electron chi connectivity index (χ0n) is 9.10. The molecule has 0 aliphatic carbocycles. The van der Waals surface area contributed by atoms with Crippen molar-refractivity contribution in [1.82, 2.24) is 5.32 Å². The smallest absolute Gasteiger partial charge is 0.307 e. The molecule has 1 aromatic carbocycles. The van der Waals surface area contributed by atoms with Gasteiger partial charge in [-0.25, -0.2) is 0 Å². The first-order valence-corrected chi connectivity index (χ1v) is 5.11. The predicted octanol–water partition coefficient (Wildman–Crippen LogP) is 1.89. The van der Waals surface area contributed by atoms with E-state index in [9.17, 15) is 4.79 Å². The SMILES string of the molecule is C[C@H](C(=O)O)[C@@H](C)NCc1ccccc1. The van der Waals surface area contributed by atoms with E-state index in [0.29, 0.717) is 6.54 Å². The van der Waals surface area contributed by atoms with E-state index in [1.165, 1.54) is 5.56 Å². The standard InChI is InChI=1S/C12H17NO2/c1-9(12(14)15)10(2)13-8-11-6-4-3-5-7-11/h3-7,9-10,13H,8H2,1-2H3,(H,14,15)/t9-,10+/m0/s1. The molecule has 82 valence electrons. The van der Waals surface area contributed by atoms with Crippen LogP contribution in [0.15, 0.2) is 30.3 Å². The van der Waals surface area contributed by atoms with E-state index in [1.807, 2.05) is 37.3 Å². The summed E-state index contributed by atoms with van der Waals surface area (Å²) in [6.45, 7) is 4.31. The molecule has 3 nitrogen and oxygen atoms in total. The molecular formula is C12H17NO2. The van der Waals surface area contributed by atoms with Crippen molar-refractivity contribution < 1.29 is 9.90 Å². The maximum atomic E-state index is 10.7. The Morgan fingerprint density at radius 1 is 1.33 bits per heavy atom. The van der Waals surface area contributed by atoms with Crippen LogP contribution in [-0.4, -0.2) is 17.1 Å². The lowest BCUT2D eigenvalue weighted by atomic mass is 10.0. The minimum atomic E-state index is -0.761. The largest absolute Gasteiger partial charge is 0.481 e. The maximum Gasteiger partial charge on any atom is 0.307 e. The number of hydrogen-bond donors (Lipinski definition) is 2. The number of carboxylic acids is 1. The molecule has 0 aliphatic heterocycles. The van der Waals surface area contributed by atoms with Gasteiger partial charge in [0, 0.05) is 12.6 Å². The Bertz CT molecular complexity index is 311. The third-order valence-electron chi connectivity index (χ3n) is 2.61. The first-order chi connectivity index (χ1) is 7.11. The second-order valence-electron chi connectivity index (χ2n) is 3.78. The number of benzene rings is 1. The quantitative estimate of drug-likeness (QED) is 0.775. The van der Waals surface area contributed by atoms with Gasteiger partial charge >= 0.3 is 5.97 Å². The third kappa shape index (κ3) is 3.72. The van der Waals surface area contributed by atoms with E-state index >= 15 is 0 Å². The van der Waals surface area contributed by atoms with E-state index in [1.54, 1.807) is 6.92 Å². The van der Waals surface area contributed by atoms with Crippen molar-refractivity contribution in [1.29, 1.82) is 0 Å². The van der Waals surface area contributed by atoms with Gasteiger partial charge in [-0.2, -0.15) is 0 Å². The predicted molar refractivity (Wildman–Crippen MR) is 59.5 cm³/mol. The third-order valence-corrected chi connectivity index (χ3v) is 2.61. The van der Waals surface area contributed by atoms with Gasteiger partial charge in [0.15, 0.2) is 0 Å². The van der Waals surface area contributed by atoms with E-state index in [0.717, 1.165) is 0 Å². The molecule has 0 spiro atoms. The fraction of sp³-hybridized carbons (Fsp3) is 0.417. The van der Waals surface area contributed by atoms with Crippen molar-refractivity contribution >= 4 is 5.97 Å². The second-order valence-corrected chi connectivity index (χ2v) is 3.78. The molecule has 1 aromatic rings. The van der Waals surface area contributed by atoms with Gasteiger partial charge in [-0.15, -0.1) is 0 Å². The van der Waals surface area contributed by atoms with Crippen LogP contribution in [0.4, 0.5) is 0 Å². The Morgan fingerprint density at radius 2 is 1.93 bits per heavy atom. The first kappa shape index (κ1) is 11.7. The van der Waals surface area contributed by atoms with Crippen LogP contribution in [0.2, 0.25) is 0 Å². The molecule has 0 unspecified atom stereocenters. The van der Waals surface area contributed by atoms with Crippen LogP contribution in [0.5, 0.6) is 0 Å². The summed E-state index contributed by atoms with van der Waals surface area (Å²) >= 11 is 0. The molecule has 0 aliphatic rings. The summed E-state index contributed by atoms with van der Waals surface area (Å²) < 4.78 is 0. The van der Waals surface area contributed by atoms with Gasteiger partial charge in [0.05, 0.1) is 5.92 Å². The zero-order chi connectivity index (χ0) is 11.3. The molecule has 0 aromatic heterocycles. The number of rotatable bonds is 5. The van der Waals surface area contributed by atoms with Crippen LogP contribution in [0.25, 0.3) is 0 Å². The lowest BCUT2D eigenvalue weighted by Gasteiger charge is -2.17. The van der Waals surface area contributed by atoms with Gasteiger partial charge in [-0.3, -0.25) is 4.79 Å². The Kier molecular flexibility index (Phi) is 4.31. The Morgan fingerprint density at radius 3 is 2.47 bits per heavy atom. The average Bonchev–Trinajstić information content (AvgIpc) is 2.26. The molecule has 1 rings (SSSR count). The Hall–Kier alpha value is -1.35. The van der Waals surface area contributed by atoms with Crippen LogP contribution in [0.1, 0.15) is 19.4 Å². The summed E-state index contributed by atoms with van der Waals surface area (Å²) in [6, 6.07) is 9.93. The summed E-state index contributed by atoms with van der Waals surface area (Å²) in [5.41, 5.74) is 1.17. The summed E-state index contributed by atoms with van der Waals surface area (Å²) in [5.74, 6) is -1.13. The summed E-state index contributed by atoms with van der Waals surface area (Å²) in [5, 5.41) is 12.0. The van der Waals surface area contributed by atoms with Crippen molar-refractivity contribution in [3.05, 3.63) is 35.9 Å². The van der Waals surface area contributed by atoms with Gasteiger partial charge in [-0.1, -0.05) is 37.3 Å². The Balaban J connectivity index is 2.41. The number of nitrogens with one attached hydrogen (secondary N) is 1. The maximum absolute atomic E-state index is 10.7. The topological polar surface area (TPSA) is 49.3 Å². The van der Waals surface area contributed by atoms with Crippen LogP contribution >= 0.6 is 0 Å². The van der Waals surface area contributed by atoms with Gasteiger partial charge in [-0.05, 0) is 12.5 Å². The van der Waals surface area contributed by atoms with Crippen molar-refractivity contribution in [3.63, 3.8) is 0 Å². The fourth-order valence-electron chi connectivity index (χ4n) is 1.27. The lowest BCUT2D eigenvalue weighted by Crippen LogP contribution is -2.35. The van der Waals surface area contributed by atoms with Gasteiger partial charge in [0.25, 0.3) is 0 Å². The number of carboxylic acid groups (broad SMARTS) is 1. The molecule has 2 atom stereocenters. The van der Waals surface area contributed by atoms with Crippen LogP contribution in [0.3, 0.4) is 0 Å². The molecule has 3 heteroatoms. The molecule has 15 heavy (non-hydrogen) atoms. The number of aliphatic carboxylic acids is 1. The molecule has 0 amide bonds. The van der Waals surface area contributed by atoms with E-state index < -0.39 is 5.97 Å². The van der Waals surface area contributed by atoms with Gasteiger partial charge in [0.2, 0.25) is 0 Å². The van der Waals surface area contributed by atoms with Gasteiger partial charge in [0.1, 0.15) is 0 Å². The number of carbonyl (C=O) groups is 1. The lowest BCUT2D eigenvalue weighted by molar-refractivity contribution is -0.141. The molecule has 0 saturated carbocycles. The van der Waals surface area contributed by atoms with Crippen molar-refractivity contribution in [2.45, 2.75) is 26.4 Å². The molecule has 0 heterocycles. The zero-order valence-corrected chi connectivity index (χ0v) is 9.10. The highest BCUT2D eigenvalue weighted by atomic mass is 16.4. The highest BCUT2D eigenvalue weighted by molar-refractivity contribution is 5.70. The van der Waals surface area contributed by atoms with Gasteiger partial charge < -0.3 is 10.4 Å². The molecule has 0 bridgehead atoms. The van der Waals surface area contributed by atoms with Crippen molar-refractivity contribution in [2.75, 3.05) is 0 Å². The molecule has 0 fully saturated rings. The normalized spacial score (nSPS) is 14.5. The average molecular weight is 207 g/mol. The molecule has 2 N–H and O–H groups in total. The highest BCUT2D eigenvalue weighted by Crippen LogP contribution is 2.04. The first-order valence-electron chi connectivity index (χ1n) is 5.11. The minimum Gasteiger partial charge on any atom is -0.481 e. The summed E-state index contributed by atoms with van der Waals surface area (Å²) in [6.07, 6.45) is 0. The highest BCUT2D eigenvalue weighted by Gasteiger charge is 2.18. The van der Waals surface area contributed by atoms with E-state index in [-0.39, 0.29) is 12.0 Å². The molecule has 0 radical (unpaired) electrons. The van der Waals surface area contributed by atoms with Crippen molar-refractivity contribution in [2.24, 2.45) is 5.92 Å². The number of hydrogen-bond acceptors (Lipinski definition) is 2. The van der Waals surface area contributed by atoms with Crippen LogP contribution in [-0.2, 0) is 11.3 Å². The van der Waals surface area contributed by atoms with Crippen LogP contribution < -0.4 is 5.32 Å². The molecule has 0 saturated heterocycles. The Labute approximate surface area is 90.1 Å². The van der Waals surface area contributed by atoms with Crippen molar-refractivity contribution in [3.8, 4) is 0 Å². The molecular weight excluding hydrogens is 190 g/mol.